The Kier molecular flexibility index (Phi) is 7.35. The first kappa shape index (κ1) is 23.9. The maximum atomic E-state index is 12.7. The quantitative estimate of drug-likeness (QED) is 0.467. The second kappa shape index (κ2) is 9.83. The molecule has 3 rings (SSSR count). The van der Waals surface area contributed by atoms with Gasteiger partial charge in [0.2, 0.25) is 5.91 Å². The molecule has 1 aliphatic carbocycles. The van der Waals surface area contributed by atoms with Crippen LogP contribution < -0.4 is 16.0 Å². The Morgan fingerprint density at radius 3 is 2.75 bits per heavy atom. The highest BCUT2D eigenvalue weighted by molar-refractivity contribution is 6.02. The van der Waals surface area contributed by atoms with Crippen LogP contribution in [0.2, 0.25) is 0 Å². The number of aryl methyl sites for hydroxylation is 1. The molecule has 0 bridgehead atoms. The van der Waals surface area contributed by atoms with Gasteiger partial charge in [-0.1, -0.05) is 6.92 Å². The van der Waals surface area contributed by atoms with Crippen molar-refractivity contribution < 1.29 is 14.3 Å². The number of hydrogen-bond acceptors (Lipinski definition) is 6. The van der Waals surface area contributed by atoms with Gasteiger partial charge in [0.25, 0.3) is 5.91 Å². The summed E-state index contributed by atoms with van der Waals surface area (Å²) in [4.78, 5) is 25.3. The predicted octanol–water partition coefficient (Wildman–Crippen LogP) is 1.93. The molecule has 2 heterocycles. The Hall–Kier alpha value is -2.72. The molecule has 3 atom stereocenters. The van der Waals surface area contributed by atoms with Crippen molar-refractivity contribution in [3.63, 3.8) is 0 Å². The summed E-state index contributed by atoms with van der Waals surface area (Å²) in [5.74, 6) is 0.312. The van der Waals surface area contributed by atoms with Crippen molar-refractivity contribution in [2.75, 3.05) is 19.5 Å². The number of H-pyrrole nitrogens is 1. The van der Waals surface area contributed by atoms with E-state index in [1.165, 1.54) is 4.68 Å². The van der Waals surface area contributed by atoms with Crippen molar-refractivity contribution in [3.8, 4) is 0 Å². The van der Waals surface area contributed by atoms with Crippen molar-refractivity contribution in [2.24, 2.45) is 13.0 Å². The maximum absolute atomic E-state index is 12.7. The summed E-state index contributed by atoms with van der Waals surface area (Å²) in [5, 5.41) is 20.9. The summed E-state index contributed by atoms with van der Waals surface area (Å²) >= 11 is 0. The zero-order chi connectivity index (χ0) is 23.5. The highest BCUT2D eigenvalue weighted by Crippen LogP contribution is 2.44. The van der Waals surface area contributed by atoms with Gasteiger partial charge in [-0.3, -0.25) is 19.4 Å². The molecular formula is C22H35N7O3. The van der Waals surface area contributed by atoms with Gasteiger partial charge in [0.15, 0.2) is 5.82 Å². The lowest BCUT2D eigenvalue weighted by atomic mass is 9.81. The zero-order valence-electron chi connectivity index (χ0n) is 19.8. The fourth-order valence-corrected chi connectivity index (χ4v) is 4.59. The minimum atomic E-state index is -0.282. The fourth-order valence-electron chi connectivity index (χ4n) is 4.59. The van der Waals surface area contributed by atoms with Gasteiger partial charge >= 0.3 is 0 Å². The first-order valence-corrected chi connectivity index (χ1v) is 11.1. The van der Waals surface area contributed by atoms with Crippen molar-refractivity contribution in [1.29, 1.82) is 0 Å². The number of nitrogens with zero attached hydrogens (tertiary/aromatic N) is 3. The SMILES string of the molecule is CN[C@]1(C(C)C(=O)NC(C)C)CCC(c2cc(NC(=O)c3cc(COC)nn3C)n[nH]2)C1. The van der Waals surface area contributed by atoms with Crippen LogP contribution >= 0.6 is 0 Å². The molecule has 10 nitrogen and oxygen atoms in total. The standard InChI is InChI=1S/C22H35N7O3/c1-13(2)24-20(30)14(3)22(23-4)8-7-15(11-22)17-10-19(27-26-17)25-21(31)18-9-16(12-32-6)28-29(18)5/h9-10,13-15,23H,7-8,11-12H2,1-6H3,(H,24,30)(H2,25,26,27,31)/t14?,15?,22-/m1/s1. The van der Waals surface area contributed by atoms with Crippen LogP contribution in [0.3, 0.4) is 0 Å². The van der Waals surface area contributed by atoms with Gasteiger partial charge in [0.05, 0.1) is 18.2 Å². The molecule has 4 N–H and O–H groups in total. The third-order valence-corrected chi connectivity index (χ3v) is 6.43. The molecule has 2 aromatic heterocycles. The third kappa shape index (κ3) is 5.02. The van der Waals surface area contributed by atoms with E-state index in [4.69, 9.17) is 4.74 Å². The molecule has 1 saturated carbocycles. The summed E-state index contributed by atoms with van der Waals surface area (Å²) in [6.45, 7) is 6.27. The molecular weight excluding hydrogens is 410 g/mol. The number of rotatable bonds is 9. The highest BCUT2D eigenvalue weighted by Gasteiger charge is 2.45. The second-order valence-corrected chi connectivity index (χ2v) is 8.97. The van der Waals surface area contributed by atoms with E-state index in [2.05, 4.69) is 31.2 Å². The van der Waals surface area contributed by atoms with E-state index < -0.39 is 0 Å². The molecule has 0 aromatic carbocycles. The largest absolute Gasteiger partial charge is 0.378 e. The van der Waals surface area contributed by atoms with Crippen LogP contribution in [0.25, 0.3) is 0 Å². The minimum absolute atomic E-state index is 0.0663. The molecule has 2 amide bonds. The van der Waals surface area contributed by atoms with Crippen molar-refractivity contribution >= 4 is 17.6 Å². The lowest BCUT2D eigenvalue weighted by Gasteiger charge is -2.35. The average Bonchev–Trinajstić information content (AvgIpc) is 3.46. The van der Waals surface area contributed by atoms with Crippen LogP contribution in [0.15, 0.2) is 12.1 Å². The van der Waals surface area contributed by atoms with Crippen molar-refractivity contribution in [2.45, 2.75) is 64.1 Å². The molecule has 0 saturated heterocycles. The van der Waals surface area contributed by atoms with Gasteiger partial charge in [-0.15, -0.1) is 0 Å². The molecule has 2 aromatic rings. The normalized spacial score (nSPS) is 21.7. The van der Waals surface area contributed by atoms with E-state index in [1.54, 1.807) is 20.2 Å². The molecule has 1 fully saturated rings. The van der Waals surface area contributed by atoms with Crippen LogP contribution in [0.1, 0.15) is 67.8 Å². The number of methoxy groups -OCH3 is 1. The van der Waals surface area contributed by atoms with Gasteiger partial charge in [-0.25, -0.2) is 0 Å². The van der Waals surface area contributed by atoms with Crippen molar-refractivity contribution in [1.82, 2.24) is 30.6 Å². The number of amides is 2. The summed E-state index contributed by atoms with van der Waals surface area (Å²) in [5.41, 5.74) is 1.80. The first-order valence-electron chi connectivity index (χ1n) is 11.1. The smallest absolute Gasteiger partial charge is 0.275 e. The molecule has 0 radical (unpaired) electrons. The van der Waals surface area contributed by atoms with E-state index in [1.807, 2.05) is 33.9 Å². The molecule has 1 aliphatic rings. The van der Waals surface area contributed by atoms with E-state index >= 15 is 0 Å². The molecule has 0 aliphatic heterocycles. The first-order chi connectivity index (χ1) is 15.2. The number of aromatic nitrogens is 4. The maximum Gasteiger partial charge on any atom is 0.275 e. The zero-order valence-corrected chi connectivity index (χ0v) is 19.8. The number of ether oxygens (including phenoxy) is 1. The Bertz CT molecular complexity index is 951. The lowest BCUT2D eigenvalue weighted by molar-refractivity contribution is -0.127. The summed E-state index contributed by atoms with van der Waals surface area (Å²) < 4.78 is 6.60. The van der Waals surface area contributed by atoms with Gasteiger partial charge in [0.1, 0.15) is 5.69 Å². The van der Waals surface area contributed by atoms with Gasteiger partial charge in [0, 0.05) is 43.4 Å². The molecule has 0 spiro atoms. The third-order valence-electron chi connectivity index (χ3n) is 6.43. The molecule has 176 valence electrons. The Labute approximate surface area is 188 Å². The van der Waals surface area contributed by atoms with Gasteiger partial charge < -0.3 is 20.7 Å². The van der Waals surface area contributed by atoms with Crippen LogP contribution in [-0.4, -0.2) is 57.5 Å². The van der Waals surface area contributed by atoms with Crippen LogP contribution in [0.5, 0.6) is 0 Å². The molecule has 2 unspecified atom stereocenters. The number of hydrogen-bond donors (Lipinski definition) is 4. The number of aromatic amines is 1. The monoisotopic (exact) mass is 445 g/mol. The summed E-state index contributed by atoms with van der Waals surface area (Å²) in [6.07, 6.45) is 2.63. The molecule has 10 heteroatoms. The highest BCUT2D eigenvalue weighted by atomic mass is 16.5. The Balaban J connectivity index is 1.67. The lowest BCUT2D eigenvalue weighted by Crippen LogP contribution is -2.53. The molecule has 32 heavy (non-hydrogen) atoms. The second-order valence-electron chi connectivity index (χ2n) is 8.97. The number of nitrogens with one attached hydrogen (secondary N) is 4. The van der Waals surface area contributed by atoms with Gasteiger partial charge in [-0.05, 0) is 46.2 Å². The fraction of sp³-hybridized carbons (Fsp3) is 0.636. The van der Waals surface area contributed by atoms with E-state index in [9.17, 15) is 9.59 Å². The number of carbonyl (C=O) groups is 2. The van der Waals surface area contributed by atoms with Crippen LogP contribution in [-0.2, 0) is 23.2 Å². The predicted molar refractivity (Wildman–Crippen MR) is 121 cm³/mol. The topological polar surface area (TPSA) is 126 Å². The van der Waals surface area contributed by atoms with E-state index in [0.717, 1.165) is 25.0 Å². The Morgan fingerprint density at radius 2 is 2.09 bits per heavy atom. The number of carbonyl (C=O) groups excluding carboxylic acids is 2. The number of anilines is 1. The summed E-state index contributed by atoms with van der Waals surface area (Å²) in [6, 6.07) is 3.69. The summed E-state index contributed by atoms with van der Waals surface area (Å²) in [7, 11) is 5.23. The average molecular weight is 446 g/mol. The minimum Gasteiger partial charge on any atom is -0.378 e. The van der Waals surface area contributed by atoms with E-state index in [0.29, 0.717) is 23.8 Å². The van der Waals surface area contributed by atoms with E-state index in [-0.39, 0.29) is 35.2 Å². The van der Waals surface area contributed by atoms with Crippen LogP contribution in [0, 0.1) is 5.92 Å². The van der Waals surface area contributed by atoms with Gasteiger partial charge in [-0.2, -0.15) is 10.2 Å². The van der Waals surface area contributed by atoms with Crippen LogP contribution in [0.4, 0.5) is 5.82 Å². The Morgan fingerprint density at radius 1 is 1.34 bits per heavy atom. The van der Waals surface area contributed by atoms with Crippen molar-refractivity contribution in [3.05, 3.63) is 29.2 Å².